The molecule has 1 unspecified atom stereocenters. The highest BCUT2D eigenvalue weighted by Crippen LogP contribution is 2.16. The summed E-state index contributed by atoms with van der Waals surface area (Å²) in [5.74, 6) is 0. The van der Waals surface area contributed by atoms with Gasteiger partial charge < -0.3 is 10.1 Å². The molecule has 0 aromatic heterocycles. The second-order valence-electron chi connectivity index (χ2n) is 4.06. The molecule has 0 rings (SSSR count). The predicted molar refractivity (Wildman–Crippen MR) is 62.1 cm³/mol. The van der Waals surface area contributed by atoms with Gasteiger partial charge in [0.25, 0.3) is 0 Å². The van der Waals surface area contributed by atoms with Gasteiger partial charge in [-0.05, 0) is 19.5 Å². The Labute approximate surface area is 101 Å². The number of hydrogen-bond acceptors (Lipinski definition) is 3. The van der Waals surface area contributed by atoms with Gasteiger partial charge in [-0.15, -0.1) is 0 Å². The van der Waals surface area contributed by atoms with E-state index in [1.165, 1.54) is 4.90 Å². The lowest BCUT2D eigenvalue weighted by molar-refractivity contribution is -0.147. The molecule has 0 fully saturated rings. The van der Waals surface area contributed by atoms with Gasteiger partial charge in [-0.1, -0.05) is 13.8 Å². The van der Waals surface area contributed by atoms with Crippen LogP contribution in [0.5, 0.6) is 0 Å². The van der Waals surface area contributed by atoms with Crippen molar-refractivity contribution < 1.29 is 17.9 Å². The van der Waals surface area contributed by atoms with Crippen molar-refractivity contribution in [2.24, 2.45) is 0 Å². The zero-order valence-electron chi connectivity index (χ0n) is 10.8. The number of methoxy groups -OCH3 is 1. The molecule has 0 aliphatic carbocycles. The van der Waals surface area contributed by atoms with Gasteiger partial charge in [-0.3, -0.25) is 4.90 Å². The molecule has 0 aliphatic rings. The Morgan fingerprint density at radius 3 is 2.35 bits per heavy atom. The molecule has 1 atom stereocenters. The fourth-order valence-electron chi connectivity index (χ4n) is 1.78. The van der Waals surface area contributed by atoms with Crippen molar-refractivity contribution in [3.63, 3.8) is 0 Å². The van der Waals surface area contributed by atoms with Crippen LogP contribution in [0.1, 0.15) is 20.3 Å². The number of halogens is 3. The first-order valence-electron chi connectivity index (χ1n) is 5.94. The van der Waals surface area contributed by atoms with Crippen molar-refractivity contribution in [1.82, 2.24) is 10.2 Å². The van der Waals surface area contributed by atoms with Gasteiger partial charge in [-0.2, -0.15) is 13.2 Å². The molecule has 0 aliphatic heterocycles. The van der Waals surface area contributed by atoms with Crippen LogP contribution in [0, 0.1) is 0 Å². The molecule has 17 heavy (non-hydrogen) atoms. The monoisotopic (exact) mass is 256 g/mol. The lowest BCUT2D eigenvalue weighted by Gasteiger charge is -2.28. The SMILES string of the molecule is CCCN(CC(COC)NCC)CC(F)(F)F. The molecule has 0 saturated carbocycles. The summed E-state index contributed by atoms with van der Waals surface area (Å²) in [6.07, 6.45) is -3.43. The van der Waals surface area contributed by atoms with E-state index in [4.69, 9.17) is 4.74 Å². The van der Waals surface area contributed by atoms with Crippen LogP contribution in [0.25, 0.3) is 0 Å². The van der Waals surface area contributed by atoms with Gasteiger partial charge in [0.2, 0.25) is 0 Å². The van der Waals surface area contributed by atoms with Crippen molar-refractivity contribution in [3.8, 4) is 0 Å². The molecule has 3 nitrogen and oxygen atoms in total. The summed E-state index contributed by atoms with van der Waals surface area (Å²) in [6, 6.07) is -0.0566. The van der Waals surface area contributed by atoms with Crippen molar-refractivity contribution in [1.29, 1.82) is 0 Å². The van der Waals surface area contributed by atoms with Crippen LogP contribution < -0.4 is 5.32 Å². The summed E-state index contributed by atoms with van der Waals surface area (Å²) >= 11 is 0. The van der Waals surface area contributed by atoms with Crippen LogP contribution in [-0.4, -0.2) is 57.0 Å². The van der Waals surface area contributed by atoms with Crippen LogP contribution >= 0.6 is 0 Å². The molecular formula is C11H23F3N2O. The molecule has 0 aromatic carbocycles. The summed E-state index contributed by atoms with van der Waals surface area (Å²) in [6.45, 7) is 4.90. The zero-order chi connectivity index (χ0) is 13.3. The predicted octanol–water partition coefficient (Wildman–Crippen LogP) is 1.89. The quantitative estimate of drug-likeness (QED) is 0.682. The number of hydrogen-bond donors (Lipinski definition) is 1. The second-order valence-corrected chi connectivity index (χ2v) is 4.06. The Morgan fingerprint density at radius 2 is 1.94 bits per heavy atom. The van der Waals surface area contributed by atoms with Gasteiger partial charge in [0.05, 0.1) is 13.2 Å². The Hall–Kier alpha value is -0.330. The number of nitrogens with one attached hydrogen (secondary N) is 1. The minimum absolute atomic E-state index is 0.0566. The highest BCUT2D eigenvalue weighted by atomic mass is 19.4. The first kappa shape index (κ1) is 16.7. The molecule has 6 heteroatoms. The summed E-state index contributed by atoms with van der Waals surface area (Å²) in [5, 5.41) is 3.12. The average Bonchev–Trinajstić information content (AvgIpc) is 2.16. The Balaban J connectivity index is 4.27. The Bertz CT molecular complexity index is 182. The van der Waals surface area contributed by atoms with E-state index >= 15 is 0 Å². The molecule has 0 saturated heterocycles. The first-order chi connectivity index (χ1) is 7.92. The van der Waals surface area contributed by atoms with E-state index in [0.717, 1.165) is 6.54 Å². The maximum absolute atomic E-state index is 12.4. The van der Waals surface area contributed by atoms with Crippen LogP contribution in [-0.2, 0) is 4.74 Å². The van der Waals surface area contributed by atoms with Gasteiger partial charge in [0.15, 0.2) is 0 Å². The largest absolute Gasteiger partial charge is 0.401 e. The standard InChI is InChI=1S/C11H23F3N2O/c1-4-6-16(9-11(12,13)14)7-10(8-17-3)15-5-2/h10,15H,4-9H2,1-3H3. The van der Waals surface area contributed by atoms with E-state index in [2.05, 4.69) is 5.32 Å². The minimum Gasteiger partial charge on any atom is -0.383 e. The minimum atomic E-state index is -4.14. The van der Waals surface area contributed by atoms with E-state index in [1.807, 2.05) is 13.8 Å². The zero-order valence-corrected chi connectivity index (χ0v) is 10.8. The number of nitrogens with zero attached hydrogens (tertiary/aromatic N) is 1. The molecule has 0 amide bonds. The molecule has 0 heterocycles. The van der Waals surface area contributed by atoms with E-state index in [-0.39, 0.29) is 6.04 Å². The summed E-state index contributed by atoms with van der Waals surface area (Å²) in [4.78, 5) is 1.42. The number of ether oxygens (including phenoxy) is 1. The highest BCUT2D eigenvalue weighted by Gasteiger charge is 2.31. The molecule has 0 aromatic rings. The van der Waals surface area contributed by atoms with Crippen LogP contribution in [0.4, 0.5) is 13.2 Å². The normalized spacial score (nSPS) is 14.3. The summed E-state index contributed by atoms with van der Waals surface area (Å²) in [5.41, 5.74) is 0. The van der Waals surface area contributed by atoms with E-state index in [0.29, 0.717) is 26.1 Å². The third-order valence-electron chi connectivity index (χ3n) is 2.28. The third-order valence-corrected chi connectivity index (χ3v) is 2.28. The van der Waals surface area contributed by atoms with Crippen molar-refractivity contribution in [2.75, 3.05) is 39.9 Å². The fraction of sp³-hybridized carbons (Fsp3) is 1.00. The van der Waals surface area contributed by atoms with Gasteiger partial charge >= 0.3 is 6.18 Å². The van der Waals surface area contributed by atoms with Crippen molar-refractivity contribution in [2.45, 2.75) is 32.5 Å². The third kappa shape index (κ3) is 9.38. The maximum atomic E-state index is 12.4. The van der Waals surface area contributed by atoms with E-state index < -0.39 is 12.7 Å². The van der Waals surface area contributed by atoms with Crippen molar-refractivity contribution in [3.05, 3.63) is 0 Å². The molecule has 1 N–H and O–H groups in total. The van der Waals surface area contributed by atoms with Crippen LogP contribution in [0.2, 0.25) is 0 Å². The molecule has 0 bridgehead atoms. The molecular weight excluding hydrogens is 233 g/mol. The maximum Gasteiger partial charge on any atom is 0.401 e. The van der Waals surface area contributed by atoms with Gasteiger partial charge in [0.1, 0.15) is 0 Å². The first-order valence-corrected chi connectivity index (χ1v) is 5.94. The lowest BCUT2D eigenvalue weighted by atomic mass is 10.2. The summed E-state index contributed by atoms with van der Waals surface area (Å²) < 4.78 is 42.1. The van der Waals surface area contributed by atoms with Crippen LogP contribution in [0.15, 0.2) is 0 Å². The van der Waals surface area contributed by atoms with Crippen molar-refractivity contribution >= 4 is 0 Å². The molecule has 0 spiro atoms. The summed E-state index contributed by atoms with van der Waals surface area (Å²) in [7, 11) is 1.55. The number of alkyl halides is 3. The second kappa shape index (κ2) is 8.72. The lowest BCUT2D eigenvalue weighted by Crippen LogP contribution is -2.46. The topological polar surface area (TPSA) is 24.5 Å². The average molecular weight is 256 g/mol. The smallest absolute Gasteiger partial charge is 0.383 e. The molecule has 0 radical (unpaired) electrons. The molecule has 104 valence electrons. The number of rotatable bonds is 9. The number of likely N-dealkylation sites (N-methyl/N-ethyl adjacent to an activating group) is 1. The van der Waals surface area contributed by atoms with E-state index in [1.54, 1.807) is 7.11 Å². The van der Waals surface area contributed by atoms with Gasteiger partial charge in [-0.25, -0.2) is 0 Å². The van der Waals surface area contributed by atoms with Crippen LogP contribution in [0.3, 0.4) is 0 Å². The Kier molecular flexibility index (Phi) is 8.55. The Morgan fingerprint density at radius 1 is 1.29 bits per heavy atom. The highest BCUT2D eigenvalue weighted by molar-refractivity contribution is 4.73. The fourth-order valence-corrected chi connectivity index (χ4v) is 1.78. The van der Waals surface area contributed by atoms with Gasteiger partial charge in [0, 0.05) is 19.7 Å². The van der Waals surface area contributed by atoms with E-state index in [9.17, 15) is 13.2 Å².